The number of pyridine rings is 1. The van der Waals surface area contributed by atoms with Gasteiger partial charge in [-0.1, -0.05) is 11.6 Å². The highest BCUT2D eigenvalue weighted by atomic mass is 35.5. The Morgan fingerprint density at radius 1 is 1.33 bits per heavy atom. The van der Waals surface area contributed by atoms with Gasteiger partial charge < -0.3 is 10.6 Å². The monoisotopic (exact) mass is 321 g/mol. The first kappa shape index (κ1) is 14.7. The van der Waals surface area contributed by atoms with E-state index in [4.69, 9.17) is 17.3 Å². The van der Waals surface area contributed by atoms with Gasteiger partial charge in [-0.25, -0.2) is 4.98 Å². The van der Waals surface area contributed by atoms with Gasteiger partial charge in [-0.15, -0.1) is 11.3 Å². The van der Waals surface area contributed by atoms with Crippen molar-refractivity contribution >= 4 is 45.1 Å². The summed E-state index contributed by atoms with van der Waals surface area (Å²) in [6.07, 6.45) is 4.78. The van der Waals surface area contributed by atoms with Crippen LogP contribution in [-0.4, -0.2) is 23.0 Å². The van der Waals surface area contributed by atoms with E-state index >= 15 is 0 Å². The zero-order valence-corrected chi connectivity index (χ0v) is 14.2. The normalized spacial score (nSPS) is 17.9. The second-order valence-electron chi connectivity index (χ2n) is 5.71. The number of likely N-dealkylation sites (tertiary alicyclic amines) is 1. The Labute approximate surface area is 133 Å². The molecule has 0 saturated carbocycles. The number of aromatic nitrogens is 1. The number of hydrogen-bond donors (Lipinski definition) is 1. The van der Waals surface area contributed by atoms with Gasteiger partial charge in [0.05, 0.1) is 15.2 Å². The largest absolute Gasteiger partial charge is 0.402 e. The fraction of sp³-hybridized carbons (Fsp3) is 0.438. The maximum Gasteiger partial charge on any atom is 0.125 e. The number of nitrogens with two attached hydrogens (primary N) is 1. The predicted molar refractivity (Wildman–Crippen MR) is 91.9 cm³/mol. The van der Waals surface area contributed by atoms with Crippen LogP contribution in [0, 0.1) is 13.8 Å². The maximum atomic E-state index is 6.38. The van der Waals surface area contributed by atoms with E-state index in [0.717, 1.165) is 50.5 Å². The van der Waals surface area contributed by atoms with Crippen LogP contribution in [0.25, 0.3) is 22.1 Å². The van der Waals surface area contributed by atoms with E-state index in [1.807, 2.05) is 13.8 Å². The molecule has 0 bridgehead atoms. The van der Waals surface area contributed by atoms with E-state index in [1.54, 1.807) is 11.3 Å². The van der Waals surface area contributed by atoms with Crippen molar-refractivity contribution in [3.05, 3.63) is 26.0 Å². The molecule has 112 valence electrons. The molecular formula is C16H20ClN3S. The van der Waals surface area contributed by atoms with Gasteiger partial charge in [0.15, 0.2) is 0 Å². The number of fused-ring (bicyclic) bond motifs is 1. The molecule has 2 N–H and O–H groups in total. The minimum absolute atomic E-state index is 0.746. The number of thiophene rings is 1. The third-order valence-electron chi connectivity index (χ3n) is 4.04. The maximum absolute atomic E-state index is 6.38. The van der Waals surface area contributed by atoms with E-state index in [9.17, 15) is 0 Å². The lowest BCUT2D eigenvalue weighted by atomic mass is 10.1. The number of hydrogen-bond acceptors (Lipinski definition) is 4. The first-order valence-electron chi connectivity index (χ1n) is 7.26. The third kappa shape index (κ3) is 2.51. The van der Waals surface area contributed by atoms with Crippen LogP contribution in [0.2, 0.25) is 5.02 Å². The summed E-state index contributed by atoms with van der Waals surface area (Å²) in [5.41, 5.74) is 8.97. The van der Waals surface area contributed by atoms with Crippen LogP contribution in [0.3, 0.4) is 0 Å². The van der Waals surface area contributed by atoms with Gasteiger partial charge in [0.1, 0.15) is 4.83 Å². The molecule has 21 heavy (non-hydrogen) atoms. The summed E-state index contributed by atoms with van der Waals surface area (Å²) in [6.45, 7) is 8.22. The molecule has 0 unspecified atom stereocenters. The molecule has 1 saturated heterocycles. The van der Waals surface area contributed by atoms with Gasteiger partial charge in [-0.3, -0.25) is 0 Å². The lowest BCUT2D eigenvalue weighted by Gasteiger charge is -2.09. The van der Waals surface area contributed by atoms with Crippen molar-refractivity contribution in [2.45, 2.75) is 33.6 Å². The molecule has 3 nitrogen and oxygen atoms in total. The molecule has 3 rings (SSSR count). The molecule has 1 aliphatic rings. The molecular weight excluding hydrogens is 302 g/mol. The van der Waals surface area contributed by atoms with Crippen LogP contribution >= 0.6 is 22.9 Å². The van der Waals surface area contributed by atoms with Gasteiger partial charge >= 0.3 is 0 Å². The summed E-state index contributed by atoms with van der Waals surface area (Å²) < 4.78 is 1.20. The molecule has 1 aliphatic heterocycles. The van der Waals surface area contributed by atoms with E-state index in [2.05, 4.69) is 23.0 Å². The zero-order chi connectivity index (χ0) is 15.1. The quantitative estimate of drug-likeness (QED) is 0.877. The second-order valence-corrected chi connectivity index (χ2v) is 7.12. The minimum Gasteiger partial charge on any atom is -0.402 e. The van der Waals surface area contributed by atoms with Crippen molar-refractivity contribution in [1.29, 1.82) is 0 Å². The molecule has 5 heteroatoms. The van der Waals surface area contributed by atoms with Crippen LogP contribution in [0.4, 0.5) is 0 Å². The molecule has 1 fully saturated rings. The van der Waals surface area contributed by atoms with Gasteiger partial charge in [-0.05, 0) is 39.2 Å². The Balaban J connectivity index is 2.39. The van der Waals surface area contributed by atoms with Crippen molar-refractivity contribution in [2.75, 3.05) is 13.1 Å². The molecule has 0 spiro atoms. The first-order chi connectivity index (χ1) is 9.99. The summed E-state index contributed by atoms with van der Waals surface area (Å²) in [7, 11) is 0. The van der Waals surface area contributed by atoms with Crippen LogP contribution in [-0.2, 0) is 0 Å². The van der Waals surface area contributed by atoms with Crippen molar-refractivity contribution in [2.24, 2.45) is 5.73 Å². The summed E-state index contributed by atoms with van der Waals surface area (Å²) in [6, 6.07) is 0. The molecule has 2 aromatic rings. The Hall–Kier alpha value is -1.26. The second kappa shape index (κ2) is 5.50. The SMILES string of the molecule is C/C(N)=c1/c(=C/N2CCCC2)sc2nc(C)c(Cl)c(C)c12. The average Bonchev–Trinajstić information content (AvgIpc) is 3.04. The zero-order valence-electron chi connectivity index (χ0n) is 12.7. The number of halogens is 1. The summed E-state index contributed by atoms with van der Waals surface area (Å²) in [5, 5.41) is 2.96. The van der Waals surface area contributed by atoms with E-state index in [-0.39, 0.29) is 0 Å². The van der Waals surface area contributed by atoms with Gasteiger partial charge in [-0.2, -0.15) is 0 Å². The molecule has 0 aromatic carbocycles. The van der Waals surface area contributed by atoms with Crippen LogP contribution < -0.4 is 15.5 Å². The standard InChI is InChI=1S/C16H20ClN3S/c1-9-13-14(10(2)18)12(8-20-6-4-5-7-20)21-16(13)19-11(3)15(9)17/h8H,4-7,18H2,1-3H3/b12-8-,14-10+. The molecule has 2 aromatic heterocycles. The van der Waals surface area contributed by atoms with E-state index in [1.165, 1.54) is 17.4 Å². The molecule has 0 aliphatic carbocycles. The van der Waals surface area contributed by atoms with Crippen LogP contribution in [0.5, 0.6) is 0 Å². The highest BCUT2D eigenvalue weighted by Crippen LogP contribution is 2.26. The lowest BCUT2D eigenvalue weighted by molar-refractivity contribution is 0.511. The molecule has 0 radical (unpaired) electrons. The van der Waals surface area contributed by atoms with Crippen LogP contribution in [0.1, 0.15) is 31.0 Å². The lowest BCUT2D eigenvalue weighted by Crippen LogP contribution is -2.28. The Morgan fingerprint density at radius 3 is 2.62 bits per heavy atom. The number of nitrogens with zero attached hydrogens (tertiary/aromatic N) is 2. The Bertz CT molecular complexity index is 812. The van der Waals surface area contributed by atoms with Gasteiger partial charge in [0.2, 0.25) is 0 Å². The van der Waals surface area contributed by atoms with Crippen molar-refractivity contribution in [3.63, 3.8) is 0 Å². The van der Waals surface area contributed by atoms with E-state index < -0.39 is 0 Å². The molecule has 3 heterocycles. The fourth-order valence-corrected chi connectivity index (χ4v) is 4.42. The van der Waals surface area contributed by atoms with Gasteiger partial charge in [0.25, 0.3) is 0 Å². The smallest absolute Gasteiger partial charge is 0.125 e. The Kier molecular flexibility index (Phi) is 3.84. The average molecular weight is 322 g/mol. The number of aryl methyl sites for hydroxylation is 2. The van der Waals surface area contributed by atoms with Crippen molar-refractivity contribution < 1.29 is 0 Å². The summed E-state index contributed by atoms with van der Waals surface area (Å²) in [5.74, 6) is 0. The first-order valence-corrected chi connectivity index (χ1v) is 8.46. The van der Waals surface area contributed by atoms with Crippen molar-refractivity contribution in [1.82, 2.24) is 9.88 Å². The Morgan fingerprint density at radius 2 is 2.00 bits per heavy atom. The molecule has 0 atom stereocenters. The van der Waals surface area contributed by atoms with Gasteiger partial charge in [0, 0.05) is 35.6 Å². The topological polar surface area (TPSA) is 42.1 Å². The number of rotatable bonds is 1. The van der Waals surface area contributed by atoms with E-state index in [0.29, 0.717) is 0 Å². The minimum atomic E-state index is 0.746. The molecule has 0 amide bonds. The summed E-state index contributed by atoms with van der Waals surface area (Å²) >= 11 is 8.09. The van der Waals surface area contributed by atoms with Crippen molar-refractivity contribution in [3.8, 4) is 0 Å². The third-order valence-corrected chi connectivity index (χ3v) is 5.62. The van der Waals surface area contributed by atoms with Crippen LogP contribution in [0.15, 0.2) is 0 Å². The highest BCUT2D eigenvalue weighted by Gasteiger charge is 2.14. The summed E-state index contributed by atoms with van der Waals surface area (Å²) in [4.78, 5) is 8.06. The fourth-order valence-electron chi connectivity index (χ4n) is 2.96. The highest BCUT2D eigenvalue weighted by molar-refractivity contribution is 7.16. The predicted octanol–water partition coefficient (Wildman–Crippen LogP) is 2.49.